The van der Waals surface area contributed by atoms with Gasteiger partial charge in [-0.1, -0.05) is 51.7 Å². The van der Waals surface area contributed by atoms with Crippen molar-refractivity contribution >= 4 is 5.97 Å². The molecule has 0 amide bonds. The number of pyridine rings is 1. The Morgan fingerprint density at radius 2 is 1.66 bits per heavy atom. The number of hydrogen-bond donors (Lipinski definition) is 0. The zero-order valence-corrected chi connectivity index (χ0v) is 19.9. The van der Waals surface area contributed by atoms with E-state index in [0.717, 1.165) is 68.9 Å². The molecule has 1 fully saturated rings. The molecule has 1 aromatic carbocycles. The summed E-state index contributed by atoms with van der Waals surface area (Å²) >= 11 is 0. The van der Waals surface area contributed by atoms with E-state index in [1.165, 1.54) is 31.2 Å². The third-order valence-corrected chi connectivity index (χ3v) is 6.50. The van der Waals surface area contributed by atoms with Gasteiger partial charge in [-0.3, -0.25) is 9.78 Å². The van der Waals surface area contributed by atoms with Crippen molar-refractivity contribution in [3.8, 4) is 11.5 Å². The number of aromatic nitrogens is 1. The summed E-state index contributed by atoms with van der Waals surface area (Å²) < 4.78 is 11.4. The molecule has 1 saturated carbocycles. The lowest BCUT2D eigenvalue weighted by atomic mass is 9.80. The first-order valence-electron chi connectivity index (χ1n) is 12.6. The number of ether oxygens (including phenoxy) is 2. The van der Waals surface area contributed by atoms with Gasteiger partial charge in [0.15, 0.2) is 0 Å². The molecule has 4 heteroatoms. The summed E-state index contributed by atoms with van der Waals surface area (Å²) in [5.74, 6) is 2.29. The monoisotopic (exact) mass is 437 g/mol. The molecular formula is C28H39NO3. The van der Waals surface area contributed by atoms with Crippen LogP contribution in [-0.2, 0) is 17.6 Å². The third-order valence-electron chi connectivity index (χ3n) is 6.50. The molecule has 0 unspecified atom stereocenters. The largest absolute Gasteiger partial charge is 0.492 e. The smallest absolute Gasteiger partial charge is 0.314 e. The van der Waals surface area contributed by atoms with Crippen LogP contribution in [0.3, 0.4) is 0 Å². The van der Waals surface area contributed by atoms with E-state index in [9.17, 15) is 4.79 Å². The number of aryl methyl sites for hydroxylation is 2. The molecule has 174 valence electrons. The van der Waals surface area contributed by atoms with Gasteiger partial charge in [0.25, 0.3) is 0 Å². The first-order valence-corrected chi connectivity index (χ1v) is 12.6. The molecule has 0 N–H and O–H groups in total. The van der Waals surface area contributed by atoms with Crippen molar-refractivity contribution in [1.29, 1.82) is 0 Å². The predicted molar refractivity (Wildman–Crippen MR) is 129 cm³/mol. The summed E-state index contributed by atoms with van der Waals surface area (Å²) in [5, 5.41) is 0. The number of benzene rings is 1. The highest BCUT2D eigenvalue weighted by molar-refractivity contribution is 5.75. The average molecular weight is 438 g/mol. The van der Waals surface area contributed by atoms with E-state index in [-0.39, 0.29) is 11.9 Å². The second-order valence-electron chi connectivity index (χ2n) is 9.11. The minimum atomic E-state index is -0.0612. The predicted octanol–water partition coefficient (Wildman–Crippen LogP) is 6.95. The summed E-state index contributed by atoms with van der Waals surface area (Å²) in [4.78, 5) is 17.0. The quantitative estimate of drug-likeness (QED) is 0.205. The molecule has 0 saturated heterocycles. The van der Waals surface area contributed by atoms with E-state index in [1.807, 2.05) is 42.6 Å². The fraction of sp³-hybridized carbons (Fsp3) is 0.571. The van der Waals surface area contributed by atoms with E-state index in [2.05, 4.69) is 18.8 Å². The van der Waals surface area contributed by atoms with Gasteiger partial charge in [0.05, 0.1) is 18.7 Å². The van der Waals surface area contributed by atoms with Crippen LogP contribution in [0, 0.1) is 11.8 Å². The van der Waals surface area contributed by atoms with E-state index < -0.39 is 0 Å². The fourth-order valence-corrected chi connectivity index (χ4v) is 4.48. The highest BCUT2D eigenvalue weighted by atomic mass is 16.5. The van der Waals surface area contributed by atoms with Gasteiger partial charge in [-0.25, -0.2) is 0 Å². The van der Waals surface area contributed by atoms with Crippen LogP contribution in [0.4, 0.5) is 0 Å². The van der Waals surface area contributed by atoms with Crippen molar-refractivity contribution < 1.29 is 14.3 Å². The summed E-state index contributed by atoms with van der Waals surface area (Å²) in [6.45, 7) is 5.18. The van der Waals surface area contributed by atoms with Crippen LogP contribution in [0.15, 0.2) is 42.6 Å². The Hall–Kier alpha value is -2.36. The molecule has 3 rings (SSSR count). The van der Waals surface area contributed by atoms with Gasteiger partial charge in [-0.15, -0.1) is 0 Å². The Balaban J connectivity index is 1.39. The average Bonchev–Trinajstić information content (AvgIpc) is 2.83. The molecule has 0 aliphatic heterocycles. The van der Waals surface area contributed by atoms with Gasteiger partial charge >= 0.3 is 5.97 Å². The maximum Gasteiger partial charge on any atom is 0.314 e. The molecule has 0 atom stereocenters. The number of esters is 1. The highest BCUT2D eigenvalue weighted by Gasteiger charge is 2.27. The Morgan fingerprint density at radius 3 is 2.31 bits per heavy atom. The third kappa shape index (κ3) is 7.96. The molecule has 0 bridgehead atoms. The maximum atomic E-state index is 12.5. The van der Waals surface area contributed by atoms with Crippen LogP contribution in [0.25, 0.3) is 0 Å². The number of hydrogen-bond acceptors (Lipinski definition) is 4. The molecule has 1 aliphatic rings. The van der Waals surface area contributed by atoms with Gasteiger partial charge < -0.3 is 9.47 Å². The molecule has 1 aromatic heterocycles. The number of carbonyl (C=O) groups excluding carboxylic acids is 1. The van der Waals surface area contributed by atoms with E-state index in [4.69, 9.17) is 9.47 Å². The van der Waals surface area contributed by atoms with Crippen molar-refractivity contribution in [2.45, 2.75) is 84.5 Å². The number of unbranched alkanes of at least 4 members (excludes halogenated alkanes) is 2. The standard InChI is InChI=1S/C28H39NO3/c1-3-5-6-20-31-27-19-16-25(29-21-27)15-10-23-11-17-26(18-12-23)32-28(30)24-13-8-22(7-4-2)9-14-24/h11-12,16-19,21-22,24H,3-10,13-15,20H2,1-2H3/t22-,24-. The molecule has 2 aromatic rings. The normalized spacial score (nSPS) is 18.3. The number of nitrogens with zero attached hydrogens (tertiary/aromatic N) is 1. The molecule has 1 heterocycles. The van der Waals surface area contributed by atoms with Crippen LogP contribution in [-0.4, -0.2) is 17.6 Å². The maximum absolute atomic E-state index is 12.5. The first-order chi connectivity index (χ1) is 15.7. The SMILES string of the molecule is CCCCCOc1ccc(CCc2ccc(OC(=O)[C@H]3CC[C@H](CCC)CC3)cc2)nc1. The van der Waals surface area contributed by atoms with Gasteiger partial charge in [-0.05, 0) is 80.7 Å². The summed E-state index contributed by atoms with van der Waals surface area (Å²) in [6.07, 6.45) is 13.9. The van der Waals surface area contributed by atoms with E-state index in [0.29, 0.717) is 5.75 Å². The molecule has 1 aliphatic carbocycles. The lowest BCUT2D eigenvalue weighted by Crippen LogP contribution is -2.25. The zero-order chi connectivity index (χ0) is 22.6. The minimum Gasteiger partial charge on any atom is -0.492 e. The fourth-order valence-electron chi connectivity index (χ4n) is 4.48. The molecule has 0 spiro atoms. The van der Waals surface area contributed by atoms with Gasteiger partial charge in [0.2, 0.25) is 0 Å². The van der Waals surface area contributed by atoms with Gasteiger partial charge in [-0.2, -0.15) is 0 Å². The Kier molecular flexibility index (Phi) is 10.1. The first kappa shape index (κ1) is 24.3. The van der Waals surface area contributed by atoms with Crippen LogP contribution >= 0.6 is 0 Å². The molecule has 32 heavy (non-hydrogen) atoms. The zero-order valence-electron chi connectivity index (χ0n) is 19.9. The number of carbonyl (C=O) groups is 1. The summed E-state index contributed by atoms with van der Waals surface area (Å²) in [5.41, 5.74) is 2.27. The van der Waals surface area contributed by atoms with Crippen LogP contribution < -0.4 is 9.47 Å². The summed E-state index contributed by atoms with van der Waals surface area (Å²) in [6, 6.07) is 12.0. The van der Waals surface area contributed by atoms with E-state index >= 15 is 0 Å². The Labute approximate surface area is 193 Å². The van der Waals surface area contributed by atoms with Crippen molar-refractivity contribution in [2.75, 3.05) is 6.61 Å². The Morgan fingerprint density at radius 1 is 0.906 bits per heavy atom. The highest BCUT2D eigenvalue weighted by Crippen LogP contribution is 2.32. The van der Waals surface area contributed by atoms with Gasteiger partial charge in [0.1, 0.15) is 11.5 Å². The Bertz CT molecular complexity index is 792. The second-order valence-corrected chi connectivity index (χ2v) is 9.11. The second kappa shape index (κ2) is 13.2. The van der Waals surface area contributed by atoms with Crippen molar-refractivity contribution in [1.82, 2.24) is 4.98 Å². The molecule has 0 radical (unpaired) electrons. The van der Waals surface area contributed by atoms with Crippen molar-refractivity contribution in [3.63, 3.8) is 0 Å². The van der Waals surface area contributed by atoms with Crippen molar-refractivity contribution in [2.24, 2.45) is 11.8 Å². The lowest BCUT2D eigenvalue weighted by molar-refractivity contribution is -0.140. The van der Waals surface area contributed by atoms with Gasteiger partial charge in [0, 0.05) is 5.69 Å². The molecule has 4 nitrogen and oxygen atoms in total. The topological polar surface area (TPSA) is 48.4 Å². The van der Waals surface area contributed by atoms with Crippen LogP contribution in [0.5, 0.6) is 11.5 Å². The lowest BCUT2D eigenvalue weighted by Gasteiger charge is -2.26. The number of rotatable bonds is 12. The van der Waals surface area contributed by atoms with Crippen LogP contribution in [0.2, 0.25) is 0 Å². The van der Waals surface area contributed by atoms with Crippen molar-refractivity contribution in [3.05, 3.63) is 53.9 Å². The minimum absolute atomic E-state index is 0.0612. The summed E-state index contributed by atoms with van der Waals surface area (Å²) in [7, 11) is 0. The molecular weight excluding hydrogens is 398 g/mol. The van der Waals surface area contributed by atoms with E-state index in [1.54, 1.807) is 0 Å². The van der Waals surface area contributed by atoms with Crippen LogP contribution in [0.1, 0.15) is 82.9 Å².